The number of carbonyl (C=O) groups is 1. The lowest BCUT2D eigenvalue weighted by atomic mass is 10.0. The van der Waals surface area contributed by atoms with E-state index in [1.54, 1.807) is 0 Å². The molecule has 4 nitrogen and oxygen atoms in total. The fourth-order valence-electron chi connectivity index (χ4n) is 3.66. The highest BCUT2D eigenvalue weighted by atomic mass is 16.5. The molecule has 0 spiro atoms. The van der Waals surface area contributed by atoms with Gasteiger partial charge < -0.3 is 10.1 Å². The van der Waals surface area contributed by atoms with E-state index in [-0.39, 0.29) is 17.2 Å². The summed E-state index contributed by atoms with van der Waals surface area (Å²) in [6.07, 6.45) is 12.8. The molecule has 1 amide bonds. The molecule has 1 aliphatic rings. The number of unbranched alkanes of at least 4 members (excludes halogenated alkanes) is 9. The summed E-state index contributed by atoms with van der Waals surface area (Å²) in [5.41, 5.74) is 0.422. The van der Waals surface area contributed by atoms with Crippen LogP contribution < -0.4 is 5.32 Å². The van der Waals surface area contributed by atoms with Crippen molar-refractivity contribution >= 4 is 6.09 Å². The lowest BCUT2D eigenvalue weighted by Gasteiger charge is -2.09. The van der Waals surface area contributed by atoms with Gasteiger partial charge in [0.15, 0.2) is 0 Å². The van der Waals surface area contributed by atoms with Crippen molar-refractivity contribution in [3.05, 3.63) is 0 Å². The van der Waals surface area contributed by atoms with Crippen LogP contribution in [0, 0.1) is 0 Å². The molecule has 25 heavy (non-hydrogen) atoms. The average Bonchev–Trinajstić information content (AvgIpc) is 2.94. The topological polar surface area (TPSA) is 41.3 Å². The van der Waals surface area contributed by atoms with Gasteiger partial charge in [-0.15, -0.1) is 0 Å². The van der Waals surface area contributed by atoms with Gasteiger partial charge in [-0.2, -0.15) is 0 Å². The van der Waals surface area contributed by atoms with Crippen molar-refractivity contribution < 1.29 is 9.53 Å². The normalized spacial score (nSPS) is 18.1. The molecule has 0 atom stereocenters. The van der Waals surface area contributed by atoms with Gasteiger partial charge in [0.05, 0.1) is 0 Å². The van der Waals surface area contributed by atoms with Crippen LogP contribution in [0.15, 0.2) is 0 Å². The summed E-state index contributed by atoms with van der Waals surface area (Å²) in [5, 5.41) is 2.86. The zero-order valence-electron chi connectivity index (χ0n) is 17.5. The van der Waals surface area contributed by atoms with Crippen LogP contribution in [0.1, 0.15) is 98.8 Å². The highest BCUT2D eigenvalue weighted by molar-refractivity contribution is 5.67. The van der Waals surface area contributed by atoms with E-state index >= 15 is 0 Å². The summed E-state index contributed by atoms with van der Waals surface area (Å²) in [6.45, 7) is 13.2. The van der Waals surface area contributed by atoms with Crippen LogP contribution in [0.2, 0.25) is 0 Å². The molecule has 0 bridgehead atoms. The molecule has 0 radical (unpaired) electrons. The standard InChI is InChI=1S/C21H42N2O2/c1-6-7-8-9-10-11-12-13-14-15-16-22-19(24)25-18-17-23-20(2,3)21(23,4)5/h6-18H2,1-5H3,(H,22,24). The SMILES string of the molecule is CCCCCCCCCCCCNC(=O)OCCN1C(C)(C)C1(C)C. The molecule has 0 aromatic heterocycles. The lowest BCUT2D eigenvalue weighted by molar-refractivity contribution is 0.137. The van der Waals surface area contributed by atoms with Gasteiger partial charge in [-0.25, -0.2) is 4.79 Å². The number of hydrogen-bond acceptors (Lipinski definition) is 3. The third-order valence-electron chi connectivity index (χ3n) is 6.14. The Hall–Kier alpha value is -0.770. The number of ether oxygens (including phenoxy) is 1. The summed E-state index contributed by atoms with van der Waals surface area (Å²) in [7, 11) is 0. The summed E-state index contributed by atoms with van der Waals surface area (Å²) < 4.78 is 5.28. The van der Waals surface area contributed by atoms with Crippen molar-refractivity contribution in [3.8, 4) is 0 Å². The number of carbonyl (C=O) groups excluding carboxylic acids is 1. The van der Waals surface area contributed by atoms with E-state index in [1.807, 2.05) is 0 Å². The second-order valence-electron chi connectivity index (χ2n) is 8.51. The Kier molecular flexibility index (Phi) is 9.84. The molecule has 1 rings (SSSR count). The van der Waals surface area contributed by atoms with E-state index in [0.717, 1.165) is 19.5 Å². The molecule has 0 aromatic rings. The predicted octanol–water partition coefficient (Wildman–Crippen LogP) is 5.51. The smallest absolute Gasteiger partial charge is 0.407 e. The van der Waals surface area contributed by atoms with E-state index in [2.05, 4.69) is 44.8 Å². The minimum atomic E-state index is -0.270. The minimum absolute atomic E-state index is 0.211. The van der Waals surface area contributed by atoms with Gasteiger partial charge in [0.25, 0.3) is 0 Å². The molecular weight excluding hydrogens is 312 g/mol. The molecule has 148 valence electrons. The lowest BCUT2D eigenvalue weighted by Crippen LogP contribution is -2.28. The van der Waals surface area contributed by atoms with Crippen molar-refractivity contribution in [1.82, 2.24) is 10.2 Å². The number of nitrogens with zero attached hydrogens (tertiary/aromatic N) is 1. The van der Waals surface area contributed by atoms with Gasteiger partial charge in [0, 0.05) is 24.2 Å². The van der Waals surface area contributed by atoms with E-state index < -0.39 is 0 Å². The zero-order chi connectivity index (χ0) is 18.8. The maximum Gasteiger partial charge on any atom is 0.407 e. The molecule has 0 aromatic carbocycles. The first-order chi connectivity index (χ1) is 11.8. The quantitative estimate of drug-likeness (QED) is 0.330. The van der Waals surface area contributed by atoms with Gasteiger partial charge in [0.2, 0.25) is 0 Å². The van der Waals surface area contributed by atoms with E-state index in [4.69, 9.17) is 4.74 Å². The van der Waals surface area contributed by atoms with E-state index in [9.17, 15) is 4.79 Å². The van der Waals surface area contributed by atoms with Gasteiger partial charge >= 0.3 is 6.09 Å². The van der Waals surface area contributed by atoms with Crippen molar-refractivity contribution in [1.29, 1.82) is 0 Å². The maximum atomic E-state index is 11.7. The Morgan fingerprint density at radius 3 is 1.80 bits per heavy atom. The van der Waals surface area contributed by atoms with Crippen molar-refractivity contribution in [2.45, 2.75) is 110 Å². The second-order valence-corrected chi connectivity index (χ2v) is 8.51. The highest BCUT2D eigenvalue weighted by Crippen LogP contribution is 2.50. The van der Waals surface area contributed by atoms with Gasteiger partial charge in [0.1, 0.15) is 6.61 Å². The van der Waals surface area contributed by atoms with Gasteiger partial charge in [-0.1, -0.05) is 64.7 Å². The molecule has 1 heterocycles. The minimum Gasteiger partial charge on any atom is -0.448 e. The Balaban J connectivity index is 1.85. The maximum absolute atomic E-state index is 11.7. The zero-order valence-corrected chi connectivity index (χ0v) is 17.5. The second kappa shape index (κ2) is 11.1. The molecule has 4 heteroatoms. The number of nitrogens with one attached hydrogen (secondary N) is 1. The fraction of sp³-hybridized carbons (Fsp3) is 0.952. The van der Waals surface area contributed by atoms with Crippen molar-refractivity contribution in [2.75, 3.05) is 19.7 Å². The van der Waals surface area contributed by atoms with Gasteiger partial charge in [-0.05, 0) is 34.1 Å². The molecule has 1 fully saturated rings. The Labute approximate surface area is 156 Å². The largest absolute Gasteiger partial charge is 0.448 e. The number of amides is 1. The monoisotopic (exact) mass is 354 g/mol. The molecule has 1 N–H and O–H groups in total. The molecule has 0 unspecified atom stereocenters. The van der Waals surface area contributed by atoms with Crippen molar-refractivity contribution in [3.63, 3.8) is 0 Å². The van der Waals surface area contributed by atoms with E-state index in [0.29, 0.717) is 6.61 Å². The van der Waals surface area contributed by atoms with Crippen LogP contribution in [-0.2, 0) is 4.74 Å². The van der Waals surface area contributed by atoms with Crippen LogP contribution in [0.5, 0.6) is 0 Å². The predicted molar refractivity (Wildman–Crippen MR) is 106 cm³/mol. The Morgan fingerprint density at radius 2 is 1.32 bits per heavy atom. The first kappa shape index (κ1) is 22.3. The molecule has 1 aliphatic heterocycles. The molecular formula is C21H42N2O2. The van der Waals surface area contributed by atoms with E-state index in [1.165, 1.54) is 57.8 Å². The van der Waals surface area contributed by atoms with Crippen LogP contribution in [0.3, 0.4) is 0 Å². The number of hydrogen-bond donors (Lipinski definition) is 1. The summed E-state index contributed by atoms with van der Waals surface area (Å²) in [6, 6.07) is 0. The van der Waals surface area contributed by atoms with Gasteiger partial charge in [-0.3, -0.25) is 4.90 Å². The number of rotatable bonds is 14. The summed E-state index contributed by atoms with van der Waals surface area (Å²) in [4.78, 5) is 14.0. The van der Waals surface area contributed by atoms with Crippen molar-refractivity contribution in [2.24, 2.45) is 0 Å². The van der Waals surface area contributed by atoms with Crippen LogP contribution in [0.25, 0.3) is 0 Å². The Morgan fingerprint density at radius 1 is 0.840 bits per heavy atom. The van der Waals surface area contributed by atoms with Crippen LogP contribution in [0.4, 0.5) is 4.79 Å². The average molecular weight is 355 g/mol. The molecule has 0 saturated carbocycles. The first-order valence-corrected chi connectivity index (χ1v) is 10.5. The third kappa shape index (κ3) is 7.55. The fourth-order valence-corrected chi connectivity index (χ4v) is 3.66. The summed E-state index contributed by atoms with van der Waals surface area (Å²) >= 11 is 0. The Bertz CT molecular complexity index is 366. The van der Waals surface area contributed by atoms with Crippen LogP contribution >= 0.6 is 0 Å². The third-order valence-corrected chi connectivity index (χ3v) is 6.14. The number of alkyl carbamates (subject to hydrolysis) is 1. The van der Waals surface area contributed by atoms with Crippen LogP contribution in [-0.4, -0.2) is 41.8 Å². The summed E-state index contributed by atoms with van der Waals surface area (Å²) in [5.74, 6) is 0. The highest BCUT2D eigenvalue weighted by Gasteiger charge is 2.62. The first-order valence-electron chi connectivity index (χ1n) is 10.5. The molecule has 0 aliphatic carbocycles. The molecule has 1 saturated heterocycles.